The molecule has 0 unspecified atom stereocenters. The summed E-state index contributed by atoms with van der Waals surface area (Å²) in [4.78, 5) is 12.0. The Hall–Kier alpha value is -1.57. The van der Waals surface area contributed by atoms with Gasteiger partial charge in [-0.3, -0.25) is 4.79 Å². The molecule has 0 spiro atoms. The molecule has 0 saturated carbocycles. The van der Waals surface area contributed by atoms with Crippen molar-refractivity contribution in [2.45, 2.75) is 26.2 Å². The number of aryl methyl sites for hydroxylation is 2. The quantitative estimate of drug-likeness (QED) is 0.659. The highest BCUT2D eigenvalue weighted by atomic mass is 16.1. The zero-order chi connectivity index (χ0) is 11.3. The van der Waals surface area contributed by atoms with E-state index in [9.17, 15) is 4.79 Å². The maximum atomic E-state index is 12.0. The van der Waals surface area contributed by atoms with Crippen molar-refractivity contribution in [1.29, 1.82) is 0 Å². The molecule has 2 aromatic rings. The van der Waals surface area contributed by atoms with E-state index in [0.29, 0.717) is 12.2 Å². The van der Waals surface area contributed by atoms with E-state index in [0.717, 1.165) is 23.8 Å². The molecule has 82 valence electrons. The summed E-state index contributed by atoms with van der Waals surface area (Å²) in [6.45, 7) is 2.08. The molecule has 1 aliphatic rings. The smallest absolute Gasteiger partial charge is 0.165 e. The van der Waals surface area contributed by atoms with Gasteiger partial charge in [0.05, 0.1) is 0 Å². The first-order valence-corrected chi connectivity index (χ1v) is 5.79. The van der Waals surface area contributed by atoms with Crippen LogP contribution in [0.1, 0.15) is 34.5 Å². The summed E-state index contributed by atoms with van der Waals surface area (Å²) in [5.41, 5.74) is 4.61. The number of ketones is 1. The van der Waals surface area contributed by atoms with Gasteiger partial charge in [0.15, 0.2) is 5.78 Å². The molecule has 0 N–H and O–H groups in total. The lowest BCUT2D eigenvalue weighted by Gasteiger charge is -2.12. The van der Waals surface area contributed by atoms with Crippen LogP contribution in [0.4, 0.5) is 0 Å². The zero-order valence-corrected chi connectivity index (χ0v) is 9.71. The van der Waals surface area contributed by atoms with Crippen molar-refractivity contribution in [2.75, 3.05) is 0 Å². The molecule has 0 amide bonds. The average Bonchev–Trinajstić information content (AvgIpc) is 2.54. The normalized spacial score (nSPS) is 15.5. The van der Waals surface area contributed by atoms with E-state index >= 15 is 0 Å². The minimum absolute atomic E-state index is 0.317. The molecule has 1 aromatic heterocycles. The predicted molar refractivity (Wildman–Crippen MR) is 64.9 cm³/mol. The number of fused-ring (bicyclic) bond motifs is 3. The molecule has 0 saturated heterocycles. The van der Waals surface area contributed by atoms with Gasteiger partial charge in [-0.05, 0) is 31.9 Å². The Morgan fingerprint density at radius 1 is 1.25 bits per heavy atom. The zero-order valence-electron chi connectivity index (χ0n) is 9.71. The summed E-state index contributed by atoms with van der Waals surface area (Å²) < 4.78 is 2.18. The fourth-order valence-corrected chi connectivity index (χ4v) is 2.76. The van der Waals surface area contributed by atoms with Crippen molar-refractivity contribution in [3.63, 3.8) is 0 Å². The number of carbonyl (C=O) groups excluding carboxylic acids is 1. The van der Waals surface area contributed by atoms with Crippen molar-refractivity contribution in [3.05, 3.63) is 35.0 Å². The van der Waals surface area contributed by atoms with E-state index in [1.807, 2.05) is 0 Å². The Morgan fingerprint density at radius 2 is 2.06 bits per heavy atom. The predicted octanol–water partition coefficient (Wildman–Crippen LogP) is 3.01. The number of Topliss-reactive ketones (excluding diaryl/α,β-unsaturated/α-hetero) is 1. The number of hydrogen-bond donors (Lipinski definition) is 0. The maximum Gasteiger partial charge on any atom is 0.165 e. The molecular weight excluding hydrogens is 198 g/mol. The molecule has 16 heavy (non-hydrogen) atoms. The molecule has 1 aromatic carbocycles. The minimum atomic E-state index is 0.317. The van der Waals surface area contributed by atoms with Crippen LogP contribution in [0.3, 0.4) is 0 Å². The summed E-state index contributed by atoms with van der Waals surface area (Å²) in [5, 5.41) is 1.14. The van der Waals surface area contributed by atoms with Crippen LogP contribution in [0, 0.1) is 6.92 Å². The first-order valence-electron chi connectivity index (χ1n) is 5.79. The average molecular weight is 213 g/mol. The molecule has 0 radical (unpaired) electrons. The Kier molecular flexibility index (Phi) is 1.93. The van der Waals surface area contributed by atoms with Gasteiger partial charge in [0.1, 0.15) is 0 Å². The van der Waals surface area contributed by atoms with E-state index in [4.69, 9.17) is 0 Å². The largest absolute Gasteiger partial charge is 0.347 e. The van der Waals surface area contributed by atoms with Crippen LogP contribution in [0.15, 0.2) is 18.2 Å². The molecule has 1 aliphatic carbocycles. The molecule has 2 nitrogen and oxygen atoms in total. The first-order chi connectivity index (χ1) is 7.68. The van der Waals surface area contributed by atoms with Gasteiger partial charge in [0.25, 0.3) is 0 Å². The van der Waals surface area contributed by atoms with Crippen molar-refractivity contribution in [1.82, 2.24) is 4.57 Å². The van der Waals surface area contributed by atoms with E-state index in [1.54, 1.807) is 0 Å². The highest BCUT2D eigenvalue weighted by Gasteiger charge is 2.24. The highest BCUT2D eigenvalue weighted by Crippen LogP contribution is 2.31. The van der Waals surface area contributed by atoms with Crippen LogP contribution in [-0.4, -0.2) is 10.4 Å². The molecule has 1 heterocycles. The second-order valence-corrected chi connectivity index (χ2v) is 4.68. The fraction of sp³-hybridized carbons (Fsp3) is 0.357. The first kappa shape index (κ1) is 9.64. The van der Waals surface area contributed by atoms with Gasteiger partial charge in [0.2, 0.25) is 0 Å². The number of nitrogens with zero attached hydrogens (tertiary/aromatic N) is 1. The summed E-state index contributed by atoms with van der Waals surface area (Å²) in [6.07, 6.45) is 2.74. The molecule has 0 bridgehead atoms. The van der Waals surface area contributed by atoms with Crippen LogP contribution < -0.4 is 0 Å². The van der Waals surface area contributed by atoms with E-state index in [-0.39, 0.29) is 0 Å². The fourth-order valence-electron chi connectivity index (χ4n) is 2.76. The Bertz CT molecular complexity index is 592. The number of hydrogen-bond acceptors (Lipinski definition) is 1. The monoisotopic (exact) mass is 213 g/mol. The van der Waals surface area contributed by atoms with Crippen molar-refractivity contribution in [3.8, 4) is 0 Å². The third-order valence-electron chi connectivity index (χ3n) is 3.57. The van der Waals surface area contributed by atoms with Crippen LogP contribution in [0.5, 0.6) is 0 Å². The van der Waals surface area contributed by atoms with Crippen LogP contribution in [0.25, 0.3) is 10.9 Å². The number of aromatic nitrogens is 1. The van der Waals surface area contributed by atoms with E-state index < -0.39 is 0 Å². The number of benzene rings is 1. The number of rotatable bonds is 0. The third-order valence-corrected chi connectivity index (χ3v) is 3.57. The Labute approximate surface area is 94.9 Å². The van der Waals surface area contributed by atoms with Crippen molar-refractivity contribution in [2.24, 2.45) is 7.05 Å². The number of carbonyl (C=O) groups is 1. The van der Waals surface area contributed by atoms with Gasteiger partial charge < -0.3 is 4.57 Å². The molecule has 3 rings (SSSR count). The van der Waals surface area contributed by atoms with Gasteiger partial charge in [0, 0.05) is 35.6 Å². The second-order valence-electron chi connectivity index (χ2n) is 4.68. The van der Waals surface area contributed by atoms with Crippen molar-refractivity contribution >= 4 is 16.7 Å². The van der Waals surface area contributed by atoms with Crippen LogP contribution >= 0.6 is 0 Å². The van der Waals surface area contributed by atoms with Gasteiger partial charge in [-0.1, -0.05) is 11.6 Å². The topological polar surface area (TPSA) is 22.0 Å². The van der Waals surface area contributed by atoms with Gasteiger partial charge in [-0.25, -0.2) is 0 Å². The van der Waals surface area contributed by atoms with E-state index in [2.05, 4.69) is 36.7 Å². The molecule has 2 heteroatoms. The lowest BCUT2D eigenvalue weighted by Crippen LogP contribution is -2.11. The lowest BCUT2D eigenvalue weighted by atomic mass is 9.94. The third kappa shape index (κ3) is 1.16. The van der Waals surface area contributed by atoms with Crippen LogP contribution in [-0.2, 0) is 13.5 Å². The van der Waals surface area contributed by atoms with E-state index in [1.165, 1.54) is 16.8 Å². The minimum Gasteiger partial charge on any atom is -0.347 e. The van der Waals surface area contributed by atoms with Crippen molar-refractivity contribution < 1.29 is 4.79 Å². The standard InChI is InChI=1S/C14H15NO/c1-9-6-7-11-10(8-9)14-12(15(11)2)4-3-5-13(14)16/h6-8H,3-5H2,1-2H3. The second kappa shape index (κ2) is 3.21. The summed E-state index contributed by atoms with van der Waals surface area (Å²) in [7, 11) is 2.06. The molecule has 0 aliphatic heterocycles. The van der Waals surface area contributed by atoms with Gasteiger partial charge in [-0.15, -0.1) is 0 Å². The molecule has 0 fully saturated rings. The molecule has 0 atom stereocenters. The molecular formula is C14H15NO. The summed E-state index contributed by atoms with van der Waals surface area (Å²) >= 11 is 0. The van der Waals surface area contributed by atoms with Crippen LogP contribution in [0.2, 0.25) is 0 Å². The Balaban J connectivity index is 2.45. The maximum absolute atomic E-state index is 12.0. The lowest BCUT2D eigenvalue weighted by molar-refractivity contribution is 0.0973. The summed E-state index contributed by atoms with van der Waals surface area (Å²) in [5.74, 6) is 0.317. The highest BCUT2D eigenvalue weighted by molar-refractivity contribution is 6.10. The van der Waals surface area contributed by atoms with Gasteiger partial charge >= 0.3 is 0 Å². The summed E-state index contributed by atoms with van der Waals surface area (Å²) in [6, 6.07) is 6.37. The van der Waals surface area contributed by atoms with Gasteiger partial charge in [-0.2, -0.15) is 0 Å². The SMILES string of the molecule is Cc1ccc2c(c1)c1c(n2C)CCCC1=O. The Morgan fingerprint density at radius 3 is 2.88 bits per heavy atom.